The van der Waals surface area contributed by atoms with Crippen molar-refractivity contribution in [1.29, 1.82) is 0 Å². The van der Waals surface area contributed by atoms with Crippen LogP contribution in [0.3, 0.4) is 0 Å². The first-order valence-corrected chi connectivity index (χ1v) is 11.7. The highest BCUT2D eigenvalue weighted by Crippen LogP contribution is 2.51. The highest BCUT2D eigenvalue weighted by atomic mass is 16.3. The third kappa shape index (κ3) is 2.72. The molecule has 0 saturated heterocycles. The molecular weight excluding hydrogens is 414 g/mol. The SMILES string of the molecule is CC1(C)c2ccc(-c3ccc(-c4cccnc4)cc3)cc2-c2cc3c(cc21)oc1ccccc13. The average Bonchev–Trinajstić information content (AvgIpc) is 3.35. The first kappa shape index (κ1) is 19.3. The molecule has 0 amide bonds. The number of furan rings is 1. The Labute approximate surface area is 198 Å². The smallest absolute Gasteiger partial charge is 0.135 e. The van der Waals surface area contributed by atoms with Gasteiger partial charge >= 0.3 is 0 Å². The second-order valence-corrected chi connectivity index (χ2v) is 9.70. The Morgan fingerprint density at radius 2 is 1.32 bits per heavy atom. The molecule has 0 unspecified atom stereocenters. The third-order valence-corrected chi connectivity index (χ3v) is 7.39. The second kappa shape index (κ2) is 6.91. The maximum absolute atomic E-state index is 6.21. The highest BCUT2D eigenvalue weighted by Gasteiger charge is 2.36. The van der Waals surface area contributed by atoms with Crippen molar-refractivity contribution in [3.63, 3.8) is 0 Å². The summed E-state index contributed by atoms with van der Waals surface area (Å²) >= 11 is 0. The quantitative estimate of drug-likeness (QED) is 0.271. The van der Waals surface area contributed by atoms with Crippen LogP contribution in [-0.2, 0) is 5.41 Å². The topological polar surface area (TPSA) is 26.0 Å². The number of fused-ring (bicyclic) bond motifs is 6. The van der Waals surface area contributed by atoms with E-state index in [0.717, 1.165) is 16.7 Å². The molecule has 4 aromatic carbocycles. The Bertz CT molecular complexity index is 1710. The molecule has 162 valence electrons. The summed E-state index contributed by atoms with van der Waals surface area (Å²) in [7, 11) is 0. The van der Waals surface area contributed by atoms with Crippen molar-refractivity contribution in [2.24, 2.45) is 0 Å². The zero-order valence-corrected chi connectivity index (χ0v) is 19.2. The number of nitrogens with zero attached hydrogens (tertiary/aromatic N) is 1. The van der Waals surface area contributed by atoms with E-state index in [1.54, 1.807) is 0 Å². The molecule has 2 aromatic heterocycles. The lowest BCUT2D eigenvalue weighted by Crippen LogP contribution is -2.14. The van der Waals surface area contributed by atoms with Crippen LogP contribution in [0.25, 0.3) is 55.3 Å². The monoisotopic (exact) mass is 437 g/mol. The lowest BCUT2D eigenvalue weighted by molar-refractivity contribution is 0.647. The molecule has 7 rings (SSSR count). The number of para-hydroxylation sites is 1. The fraction of sp³-hybridized carbons (Fsp3) is 0.0938. The zero-order valence-electron chi connectivity index (χ0n) is 19.2. The van der Waals surface area contributed by atoms with Crippen LogP contribution >= 0.6 is 0 Å². The van der Waals surface area contributed by atoms with Crippen molar-refractivity contribution in [3.8, 4) is 33.4 Å². The summed E-state index contributed by atoms with van der Waals surface area (Å²) in [5, 5.41) is 2.36. The minimum absolute atomic E-state index is 0.0689. The van der Waals surface area contributed by atoms with Gasteiger partial charge in [0.1, 0.15) is 11.2 Å². The molecule has 1 aliphatic carbocycles. The van der Waals surface area contributed by atoms with Gasteiger partial charge in [-0.2, -0.15) is 0 Å². The second-order valence-electron chi connectivity index (χ2n) is 9.70. The summed E-state index contributed by atoms with van der Waals surface area (Å²) in [6.07, 6.45) is 3.71. The van der Waals surface area contributed by atoms with Crippen molar-refractivity contribution in [2.75, 3.05) is 0 Å². The molecule has 0 atom stereocenters. The fourth-order valence-corrected chi connectivity index (χ4v) is 5.54. The Hall–Kier alpha value is -4.17. The van der Waals surface area contributed by atoms with Gasteiger partial charge in [0.15, 0.2) is 0 Å². The third-order valence-electron chi connectivity index (χ3n) is 7.39. The van der Waals surface area contributed by atoms with E-state index in [2.05, 4.69) is 91.6 Å². The van der Waals surface area contributed by atoms with E-state index in [9.17, 15) is 0 Å². The normalized spacial score (nSPS) is 13.8. The van der Waals surface area contributed by atoms with Gasteiger partial charge in [0.05, 0.1) is 0 Å². The van der Waals surface area contributed by atoms with E-state index in [-0.39, 0.29) is 5.41 Å². The van der Waals surface area contributed by atoms with E-state index in [1.807, 2.05) is 30.6 Å². The molecule has 2 heterocycles. The molecule has 0 bridgehead atoms. The summed E-state index contributed by atoms with van der Waals surface area (Å²) in [5.74, 6) is 0. The Balaban J connectivity index is 1.37. The maximum Gasteiger partial charge on any atom is 0.135 e. The van der Waals surface area contributed by atoms with Crippen LogP contribution in [0.15, 0.2) is 108 Å². The molecule has 0 fully saturated rings. The van der Waals surface area contributed by atoms with Gasteiger partial charge < -0.3 is 4.42 Å². The van der Waals surface area contributed by atoms with E-state index in [4.69, 9.17) is 4.42 Å². The Morgan fingerprint density at radius 1 is 0.588 bits per heavy atom. The Kier molecular flexibility index (Phi) is 3.93. The van der Waals surface area contributed by atoms with Crippen molar-refractivity contribution in [2.45, 2.75) is 19.3 Å². The van der Waals surface area contributed by atoms with Gasteiger partial charge in [-0.1, -0.05) is 74.5 Å². The summed E-state index contributed by atoms with van der Waals surface area (Å²) in [4.78, 5) is 4.25. The van der Waals surface area contributed by atoms with E-state index >= 15 is 0 Å². The van der Waals surface area contributed by atoms with Crippen LogP contribution in [-0.4, -0.2) is 4.98 Å². The van der Waals surface area contributed by atoms with Crippen molar-refractivity contribution < 1.29 is 4.42 Å². The van der Waals surface area contributed by atoms with Gasteiger partial charge in [-0.15, -0.1) is 0 Å². The van der Waals surface area contributed by atoms with E-state index in [0.29, 0.717) is 0 Å². The number of pyridine rings is 1. The summed E-state index contributed by atoms with van der Waals surface area (Å²) in [6, 6.07) is 32.7. The molecule has 2 nitrogen and oxygen atoms in total. The zero-order chi connectivity index (χ0) is 22.9. The molecule has 0 spiro atoms. The predicted octanol–water partition coefficient (Wildman–Crippen LogP) is 8.62. The first-order chi connectivity index (χ1) is 16.6. The standard InChI is InChI=1S/C32H23NO/c1-32(2)28-14-13-22(20-9-11-21(12-10-20)23-6-5-15-33-19-23)16-25(28)26-17-27-24-7-3-4-8-30(24)34-31(27)18-29(26)32/h3-19H,1-2H3. The number of benzene rings is 4. The van der Waals surface area contributed by atoms with Crippen molar-refractivity contribution in [1.82, 2.24) is 4.98 Å². The fourth-order valence-electron chi connectivity index (χ4n) is 5.54. The molecule has 2 heteroatoms. The van der Waals surface area contributed by atoms with Gasteiger partial charge in [0.2, 0.25) is 0 Å². The van der Waals surface area contributed by atoms with Crippen LogP contribution in [0, 0.1) is 0 Å². The molecule has 0 radical (unpaired) electrons. The summed E-state index contributed by atoms with van der Waals surface area (Å²) < 4.78 is 6.21. The lowest BCUT2D eigenvalue weighted by Gasteiger charge is -2.21. The highest BCUT2D eigenvalue weighted by molar-refractivity contribution is 6.07. The average molecular weight is 438 g/mol. The summed E-state index contributed by atoms with van der Waals surface area (Å²) in [5.41, 5.74) is 11.9. The molecule has 1 aliphatic rings. The minimum atomic E-state index is -0.0689. The van der Waals surface area contributed by atoms with Crippen LogP contribution in [0.4, 0.5) is 0 Å². The van der Waals surface area contributed by atoms with Crippen molar-refractivity contribution in [3.05, 3.63) is 115 Å². The minimum Gasteiger partial charge on any atom is -0.456 e. The maximum atomic E-state index is 6.21. The largest absolute Gasteiger partial charge is 0.456 e. The van der Waals surface area contributed by atoms with Crippen LogP contribution in [0.2, 0.25) is 0 Å². The van der Waals surface area contributed by atoms with E-state index in [1.165, 1.54) is 49.7 Å². The lowest BCUT2D eigenvalue weighted by atomic mass is 9.82. The van der Waals surface area contributed by atoms with E-state index < -0.39 is 0 Å². The van der Waals surface area contributed by atoms with Gasteiger partial charge in [-0.05, 0) is 74.8 Å². The van der Waals surface area contributed by atoms with Gasteiger partial charge in [-0.25, -0.2) is 0 Å². The predicted molar refractivity (Wildman–Crippen MR) is 140 cm³/mol. The Morgan fingerprint density at radius 3 is 2.12 bits per heavy atom. The summed E-state index contributed by atoms with van der Waals surface area (Å²) in [6.45, 7) is 4.63. The number of hydrogen-bond acceptors (Lipinski definition) is 2. The van der Waals surface area contributed by atoms with Crippen molar-refractivity contribution >= 4 is 21.9 Å². The molecule has 6 aromatic rings. The molecule has 0 N–H and O–H groups in total. The molecular formula is C32H23NO. The van der Waals surface area contributed by atoms with Crippen LogP contribution in [0.1, 0.15) is 25.0 Å². The molecule has 0 aliphatic heterocycles. The number of aromatic nitrogens is 1. The molecule has 0 saturated carbocycles. The number of hydrogen-bond donors (Lipinski definition) is 0. The number of rotatable bonds is 2. The van der Waals surface area contributed by atoms with Gasteiger partial charge in [-0.3, -0.25) is 4.98 Å². The van der Waals surface area contributed by atoms with Gasteiger partial charge in [0.25, 0.3) is 0 Å². The van der Waals surface area contributed by atoms with Crippen LogP contribution < -0.4 is 0 Å². The first-order valence-electron chi connectivity index (χ1n) is 11.7. The molecule has 34 heavy (non-hydrogen) atoms. The van der Waals surface area contributed by atoms with Crippen LogP contribution in [0.5, 0.6) is 0 Å². The van der Waals surface area contributed by atoms with Gasteiger partial charge in [0, 0.05) is 28.6 Å².